The van der Waals surface area contributed by atoms with E-state index < -0.39 is 18.1 Å². The van der Waals surface area contributed by atoms with E-state index in [1.807, 2.05) is 0 Å². The zero-order valence-electron chi connectivity index (χ0n) is 7.09. The average Bonchev–Trinajstić information content (AvgIpc) is 2.52. The summed E-state index contributed by atoms with van der Waals surface area (Å²) in [5, 5.41) is 1.39. The Kier molecular flexibility index (Phi) is 4.50. The Bertz CT molecular complexity index is 297. The minimum absolute atomic E-state index is 0. The third kappa shape index (κ3) is 2.79. The normalized spacial score (nSPS) is 14.5. The van der Waals surface area contributed by atoms with E-state index in [1.54, 1.807) is 0 Å². The van der Waals surface area contributed by atoms with Gasteiger partial charge in [0, 0.05) is 4.88 Å². The van der Waals surface area contributed by atoms with Crippen molar-refractivity contribution in [2.75, 3.05) is 0 Å². The van der Waals surface area contributed by atoms with Crippen molar-refractivity contribution in [1.29, 1.82) is 0 Å². The maximum Gasteiger partial charge on any atom is 0.455 e. The van der Waals surface area contributed by atoms with Crippen molar-refractivity contribution in [3.8, 4) is 0 Å². The summed E-state index contributed by atoms with van der Waals surface area (Å²) in [6, 6.07) is 0.184. The van der Waals surface area contributed by atoms with Gasteiger partial charge in [-0.25, -0.2) is 0 Å². The van der Waals surface area contributed by atoms with Gasteiger partial charge in [0.1, 0.15) is 6.04 Å². The summed E-state index contributed by atoms with van der Waals surface area (Å²) in [5.74, 6) is -4.89. The molecule has 0 bridgehead atoms. The van der Waals surface area contributed by atoms with Gasteiger partial charge in [-0.2, -0.15) is 22.0 Å². The lowest BCUT2D eigenvalue weighted by molar-refractivity contribution is -0.290. The van der Waals surface area contributed by atoms with Crippen LogP contribution < -0.4 is 5.73 Å². The van der Waals surface area contributed by atoms with E-state index >= 15 is 0 Å². The number of halogens is 6. The minimum Gasteiger partial charge on any atom is -0.318 e. The van der Waals surface area contributed by atoms with E-state index in [2.05, 4.69) is 0 Å². The molecule has 0 aromatic carbocycles. The van der Waals surface area contributed by atoms with Crippen LogP contribution in [-0.2, 0) is 0 Å². The summed E-state index contributed by atoms with van der Waals surface area (Å²) in [4.78, 5) is -0.188. The summed E-state index contributed by atoms with van der Waals surface area (Å²) in [5.41, 5.74) is 4.84. The fourth-order valence-corrected chi connectivity index (χ4v) is 1.59. The molecule has 15 heavy (non-hydrogen) atoms. The van der Waals surface area contributed by atoms with E-state index in [9.17, 15) is 22.0 Å². The van der Waals surface area contributed by atoms with Crippen LogP contribution in [-0.4, -0.2) is 12.1 Å². The molecule has 0 spiro atoms. The zero-order valence-corrected chi connectivity index (χ0v) is 8.73. The van der Waals surface area contributed by atoms with Crippen LogP contribution in [0, 0.1) is 0 Å². The van der Waals surface area contributed by atoms with Crippen molar-refractivity contribution in [2.24, 2.45) is 5.73 Å². The minimum atomic E-state index is -5.61. The van der Waals surface area contributed by atoms with Crippen LogP contribution in [0.4, 0.5) is 22.0 Å². The van der Waals surface area contributed by atoms with Crippen LogP contribution in [0.25, 0.3) is 0 Å². The predicted octanol–water partition coefficient (Wildman–Crippen LogP) is 3.37. The predicted molar refractivity (Wildman–Crippen MR) is 49.5 cm³/mol. The number of thiophene rings is 1. The van der Waals surface area contributed by atoms with Crippen LogP contribution in [0.2, 0.25) is 0 Å². The second kappa shape index (κ2) is 4.63. The van der Waals surface area contributed by atoms with Gasteiger partial charge in [-0.15, -0.1) is 23.7 Å². The van der Waals surface area contributed by atoms with Crippen molar-refractivity contribution in [2.45, 2.75) is 18.1 Å². The molecular formula is C7H7ClF5NS. The SMILES string of the molecule is Cl.N[C@H](c1cccs1)C(F)(F)C(F)(F)F. The zero-order chi connectivity index (χ0) is 11.0. The molecule has 1 atom stereocenters. The second-order valence-corrected chi connectivity index (χ2v) is 3.59. The molecule has 0 amide bonds. The van der Waals surface area contributed by atoms with Crippen LogP contribution >= 0.6 is 23.7 Å². The first-order valence-electron chi connectivity index (χ1n) is 3.50. The van der Waals surface area contributed by atoms with Crippen molar-refractivity contribution in [3.05, 3.63) is 22.4 Å². The van der Waals surface area contributed by atoms with E-state index in [4.69, 9.17) is 5.73 Å². The van der Waals surface area contributed by atoms with Gasteiger partial charge in [0.2, 0.25) is 0 Å². The molecule has 0 unspecified atom stereocenters. The Morgan fingerprint density at radius 1 is 1.20 bits per heavy atom. The average molecular weight is 268 g/mol. The molecule has 1 rings (SSSR count). The van der Waals surface area contributed by atoms with Gasteiger partial charge in [0.15, 0.2) is 0 Å². The summed E-state index contributed by atoms with van der Waals surface area (Å²) in [6.07, 6.45) is -5.61. The summed E-state index contributed by atoms with van der Waals surface area (Å²) in [7, 11) is 0. The highest BCUT2D eigenvalue weighted by atomic mass is 35.5. The molecule has 8 heteroatoms. The van der Waals surface area contributed by atoms with Crippen molar-refractivity contribution >= 4 is 23.7 Å². The van der Waals surface area contributed by atoms with Crippen LogP contribution in [0.15, 0.2) is 17.5 Å². The summed E-state index contributed by atoms with van der Waals surface area (Å²) >= 11 is 0.769. The van der Waals surface area contributed by atoms with Crippen molar-refractivity contribution in [3.63, 3.8) is 0 Å². The van der Waals surface area contributed by atoms with E-state index in [0.29, 0.717) is 0 Å². The number of hydrogen-bond acceptors (Lipinski definition) is 2. The number of hydrogen-bond donors (Lipinski definition) is 1. The Morgan fingerprint density at radius 2 is 1.73 bits per heavy atom. The lowest BCUT2D eigenvalue weighted by Crippen LogP contribution is -2.45. The molecule has 88 valence electrons. The van der Waals surface area contributed by atoms with Gasteiger partial charge < -0.3 is 5.73 Å². The Hall–Kier alpha value is -0.400. The molecule has 0 radical (unpaired) electrons. The van der Waals surface area contributed by atoms with Crippen molar-refractivity contribution < 1.29 is 22.0 Å². The maximum absolute atomic E-state index is 12.6. The van der Waals surface area contributed by atoms with Crippen molar-refractivity contribution in [1.82, 2.24) is 0 Å². The molecule has 2 N–H and O–H groups in total. The molecule has 1 nitrogen and oxygen atoms in total. The van der Waals surface area contributed by atoms with E-state index in [1.165, 1.54) is 11.4 Å². The molecule has 0 aliphatic rings. The molecule has 1 aromatic heterocycles. The third-order valence-electron chi connectivity index (χ3n) is 1.62. The highest BCUT2D eigenvalue weighted by Gasteiger charge is 2.61. The molecule has 0 aliphatic heterocycles. The third-order valence-corrected chi connectivity index (χ3v) is 2.57. The topological polar surface area (TPSA) is 26.0 Å². The molecule has 0 saturated carbocycles. The fraction of sp³-hybridized carbons (Fsp3) is 0.429. The standard InChI is InChI=1S/C7H6F5NS.ClH/c8-6(9,7(10,11)12)5(13)4-2-1-3-14-4;/h1-3,5H,13H2;1H/t5-;/m1./s1. The number of alkyl halides is 5. The van der Waals surface area contributed by atoms with Crippen LogP contribution in [0.1, 0.15) is 10.9 Å². The van der Waals surface area contributed by atoms with Crippen LogP contribution in [0.3, 0.4) is 0 Å². The largest absolute Gasteiger partial charge is 0.455 e. The van der Waals surface area contributed by atoms with E-state index in [-0.39, 0.29) is 17.3 Å². The number of nitrogens with two attached hydrogens (primary N) is 1. The first-order valence-corrected chi connectivity index (χ1v) is 4.38. The highest BCUT2D eigenvalue weighted by molar-refractivity contribution is 7.10. The van der Waals surface area contributed by atoms with Gasteiger partial charge >= 0.3 is 12.1 Å². The monoisotopic (exact) mass is 267 g/mol. The molecular weight excluding hydrogens is 261 g/mol. The maximum atomic E-state index is 12.6. The summed E-state index contributed by atoms with van der Waals surface area (Å²) in [6.45, 7) is 0. The lowest BCUT2D eigenvalue weighted by atomic mass is 10.1. The lowest BCUT2D eigenvalue weighted by Gasteiger charge is -2.24. The van der Waals surface area contributed by atoms with Crippen LogP contribution in [0.5, 0.6) is 0 Å². The van der Waals surface area contributed by atoms with Gasteiger partial charge in [-0.05, 0) is 11.4 Å². The Balaban J connectivity index is 0.00000196. The smallest absolute Gasteiger partial charge is 0.318 e. The van der Waals surface area contributed by atoms with Gasteiger partial charge in [0.05, 0.1) is 0 Å². The molecule has 0 aliphatic carbocycles. The van der Waals surface area contributed by atoms with Gasteiger partial charge in [-0.1, -0.05) is 6.07 Å². The van der Waals surface area contributed by atoms with Gasteiger partial charge in [-0.3, -0.25) is 0 Å². The Labute approximate surface area is 92.5 Å². The summed E-state index contributed by atoms with van der Waals surface area (Å²) < 4.78 is 60.8. The van der Waals surface area contributed by atoms with E-state index in [0.717, 1.165) is 17.4 Å². The molecule has 1 heterocycles. The first-order chi connectivity index (χ1) is 6.27. The molecule has 0 saturated heterocycles. The fourth-order valence-electron chi connectivity index (χ4n) is 0.823. The molecule has 0 fully saturated rings. The molecule has 1 aromatic rings. The second-order valence-electron chi connectivity index (χ2n) is 2.61. The Morgan fingerprint density at radius 3 is 2.07 bits per heavy atom. The number of rotatable bonds is 2. The first kappa shape index (κ1) is 14.6. The highest BCUT2D eigenvalue weighted by Crippen LogP contribution is 2.44. The quantitative estimate of drug-likeness (QED) is 0.817. The van der Waals surface area contributed by atoms with Gasteiger partial charge in [0.25, 0.3) is 0 Å².